The lowest BCUT2D eigenvalue weighted by Crippen LogP contribution is -2.29. The molecule has 0 rings (SSSR count). The molecule has 0 amide bonds. The summed E-state index contributed by atoms with van der Waals surface area (Å²) in [6.45, 7) is 3.63. The average Bonchev–Trinajstić information content (AvgIpc) is 3.07. The molecule has 10 heteroatoms. The molecule has 0 radical (unpaired) electrons. The Kier molecular flexibility index (Phi) is 33.8. The van der Waals surface area contributed by atoms with Crippen molar-refractivity contribution in [3.63, 3.8) is 0 Å². The monoisotopic (exact) mass is 699 g/mol. The van der Waals surface area contributed by atoms with Crippen LogP contribution < -0.4 is 5.73 Å². The Morgan fingerprint density at radius 2 is 1.10 bits per heavy atom. The van der Waals surface area contributed by atoms with Crippen molar-refractivity contribution in [2.75, 3.05) is 26.4 Å². The molecular formula is C38H70NO8P. The Hall–Kier alpha value is -1.77. The minimum atomic E-state index is -4.37. The molecule has 0 heterocycles. The molecule has 48 heavy (non-hydrogen) atoms. The highest BCUT2D eigenvalue weighted by molar-refractivity contribution is 7.47. The van der Waals surface area contributed by atoms with E-state index in [1.165, 1.54) is 44.9 Å². The number of nitrogens with two attached hydrogens (primary N) is 1. The van der Waals surface area contributed by atoms with Crippen LogP contribution in [0.2, 0.25) is 0 Å². The standard InChI is InChI=1S/C38H70NO8P/c1-3-5-7-9-11-13-15-17-19-21-23-25-27-29-31-38(41)47-36(35-46-48(42,43)45-33-32-39)34-44-37(40)30-28-26-24-22-20-18-16-14-12-10-8-6-4-2/h9,11,14-17,36H,3-8,10,12-13,18-35,39H2,1-2H3,(H,42,43)/b11-9-,16-14-,17-15-/t36-/m1/s1. The first-order valence-electron chi connectivity index (χ1n) is 19.0. The molecule has 0 aliphatic carbocycles. The predicted molar refractivity (Wildman–Crippen MR) is 197 cm³/mol. The van der Waals surface area contributed by atoms with Crippen molar-refractivity contribution in [3.8, 4) is 0 Å². The van der Waals surface area contributed by atoms with Gasteiger partial charge in [0.05, 0.1) is 13.2 Å². The number of hydrogen-bond donors (Lipinski definition) is 2. The summed E-state index contributed by atoms with van der Waals surface area (Å²) in [7, 11) is -4.37. The Morgan fingerprint density at radius 1 is 0.625 bits per heavy atom. The van der Waals surface area contributed by atoms with E-state index in [0.717, 1.165) is 83.5 Å². The van der Waals surface area contributed by atoms with E-state index in [4.69, 9.17) is 24.3 Å². The lowest BCUT2D eigenvalue weighted by atomic mass is 10.1. The number of rotatable bonds is 35. The predicted octanol–water partition coefficient (Wildman–Crippen LogP) is 10.2. The fourth-order valence-corrected chi connectivity index (χ4v) is 5.64. The highest BCUT2D eigenvalue weighted by Gasteiger charge is 2.25. The van der Waals surface area contributed by atoms with E-state index >= 15 is 0 Å². The first kappa shape index (κ1) is 46.2. The summed E-state index contributed by atoms with van der Waals surface area (Å²) in [6.07, 6.45) is 36.0. The second-order valence-corrected chi connectivity index (χ2v) is 13.9. The number of unbranched alkanes of at least 4 members (excludes halogenated alkanes) is 16. The van der Waals surface area contributed by atoms with Gasteiger partial charge in [0.15, 0.2) is 6.10 Å². The smallest absolute Gasteiger partial charge is 0.462 e. The molecule has 0 spiro atoms. The molecule has 280 valence electrons. The van der Waals surface area contributed by atoms with Crippen LogP contribution in [0.1, 0.15) is 162 Å². The summed E-state index contributed by atoms with van der Waals surface area (Å²) in [5, 5.41) is 0. The molecule has 9 nitrogen and oxygen atoms in total. The van der Waals surface area contributed by atoms with E-state index in [9.17, 15) is 19.0 Å². The molecular weight excluding hydrogens is 629 g/mol. The first-order chi connectivity index (χ1) is 23.3. The molecule has 3 N–H and O–H groups in total. The molecule has 0 aromatic rings. The Labute approximate surface area is 293 Å². The van der Waals surface area contributed by atoms with Crippen LogP contribution in [0.15, 0.2) is 36.5 Å². The van der Waals surface area contributed by atoms with Gasteiger partial charge in [-0.1, -0.05) is 121 Å². The third kappa shape index (κ3) is 34.1. The van der Waals surface area contributed by atoms with Crippen LogP contribution in [0.4, 0.5) is 0 Å². The highest BCUT2D eigenvalue weighted by atomic mass is 31.2. The average molecular weight is 700 g/mol. The van der Waals surface area contributed by atoms with Crippen molar-refractivity contribution in [1.82, 2.24) is 0 Å². The molecule has 0 fully saturated rings. The SMILES string of the molecule is CCCC/C=C\C/C=C\CCCCCCCC(=O)O[C@H](COC(=O)CCCCCCC/C=C\CCCCCC)COP(=O)(O)OCCN. The number of ether oxygens (including phenoxy) is 2. The molecule has 0 saturated heterocycles. The van der Waals surface area contributed by atoms with Crippen LogP contribution in [0.25, 0.3) is 0 Å². The van der Waals surface area contributed by atoms with Gasteiger partial charge >= 0.3 is 19.8 Å². The molecule has 0 aromatic heterocycles. The molecule has 0 aliphatic heterocycles. The van der Waals surface area contributed by atoms with Gasteiger partial charge in [-0.2, -0.15) is 0 Å². The van der Waals surface area contributed by atoms with E-state index in [2.05, 4.69) is 50.3 Å². The highest BCUT2D eigenvalue weighted by Crippen LogP contribution is 2.43. The Balaban J connectivity index is 4.27. The quantitative estimate of drug-likeness (QED) is 0.0287. The molecule has 0 aliphatic rings. The number of esters is 2. The Bertz CT molecular complexity index is 892. The second-order valence-electron chi connectivity index (χ2n) is 12.4. The van der Waals surface area contributed by atoms with Crippen molar-refractivity contribution in [3.05, 3.63) is 36.5 Å². The van der Waals surface area contributed by atoms with E-state index in [1.54, 1.807) is 0 Å². The Morgan fingerprint density at radius 3 is 1.67 bits per heavy atom. The van der Waals surface area contributed by atoms with Crippen molar-refractivity contribution < 1.29 is 37.6 Å². The zero-order valence-electron chi connectivity index (χ0n) is 30.5. The van der Waals surface area contributed by atoms with Crippen LogP contribution in [0.3, 0.4) is 0 Å². The van der Waals surface area contributed by atoms with Gasteiger partial charge in [0.25, 0.3) is 0 Å². The van der Waals surface area contributed by atoms with Crippen molar-refractivity contribution in [1.29, 1.82) is 0 Å². The molecule has 2 atom stereocenters. The van der Waals surface area contributed by atoms with Crippen molar-refractivity contribution in [2.24, 2.45) is 5.73 Å². The van der Waals surface area contributed by atoms with E-state index < -0.39 is 32.5 Å². The summed E-state index contributed by atoms with van der Waals surface area (Å²) >= 11 is 0. The maximum absolute atomic E-state index is 12.5. The fraction of sp³-hybridized carbons (Fsp3) is 0.789. The lowest BCUT2D eigenvalue weighted by Gasteiger charge is -2.19. The van der Waals surface area contributed by atoms with Gasteiger partial charge in [0, 0.05) is 19.4 Å². The van der Waals surface area contributed by atoms with Gasteiger partial charge in [-0.05, 0) is 64.2 Å². The summed E-state index contributed by atoms with van der Waals surface area (Å²) in [5.74, 6) is -0.858. The van der Waals surface area contributed by atoms with E-state index in [1.807, 2.05) is 0 Å². The summed E-state index contributed by atoms with van der Waals surface area (Å²) < 4.78 is 32.6. The number of phosphoric acid groups is 1. The maximum atomic E-state index is 12.5. The van der Waals surface area contributed by atoms with Crippen LogP contribution in [-0.2, 0) is 32.7 Å². The molecule has 0 saturated carbocycles. The first-order valence-corrected chi connectivity index (χ1v) is 20.5. The van der Waals surface area contributed by atoms with Gasteiger partial charge < -0.3 is 20.1 Å². The number of carbonyl (C=O) groups is 2. The zero-order valence-corrected chi connectivity index (χ0v) is 31.4. The van der Waals surface area contributed by atoms with Crippen LogP contribution in [0.5, 0.6) is 0 Å². The van der Waals surface area contributed by atoms with Gasteiger partial charge in [-0.3, -0.25) is 18.6 Å². The zero-order chi connectivity index (χ0) is 35.4. The third-order valence-electron chi connectivity index (χ3n) is 7.75. The fourth-order valence-electron chi connectivity index (χ4n) is 4.88. The second kappa shape index (κ2) is 35.1. The summed E-state index contributed by atoms with van der Waals surface area (Å²) in [4.78, 5) is 34.7. The minimum absolute atomic E-state index is 0.0493. The third-order valence-corrected chi connectivity index (χ3v) is 8.73. The molecule has 0 aromatic carbocycles. The number of carbonyl (C=O) groups excluding carboxylic acids is 2. The van der Waals surface area contributed by atoms with Gasteiger partial charge in [-0.15, -0.1) is 0 Å². The molecule has 0 bridgehead atoms. The van der Waals surface area contributed by atoms with Crippen molar-refractivity contribution in [2.45, 2.75) is 168 Å². The number of phosphoric ester groups is 1. The van der Waals surface area contributed by atoms with Crippen molar-refractivity contribution >= 4 is 19.8 Å². The maximum Gasteiger partial charge on any atom is 0.472 e. The van der Waals surface area contributed by atoms with E-state index in [-0.39, 0.29) is 32.6 Å². The number of allylic oxidation sites excluding steroid dienone is 6. The van der Waals surface area contributed by atoms with Crippen LogP contribution in [-0.4, -0.2) is 49.3 Å². The van der Waals surface area contributed by atoms with Gasteiger partial charge in [-0.25, -0.2) is 4.57 Å². The number of hydrogen-bond acceptors (Lipinski definition) is 8. The van der Waals surface area contributed by atoms with Gasteiger partial charge in [0.1, 0.15) is 6.61 Å². The normalized spacial score (nSPS) is 13.8. The van der Waals surface area contributed by atoms with E-state index in [0.29, 0.717) is 6.42 Å². The minimum Gasteiger partial charge on any atom is -0.462 e. The molecule has 1 unspecified atom stereocenters. The van der Waals surface area contributed by atoms with Crippen LogP contribution >= 0.6 is 7.82 Å². The topological polar surface area (TPSA) is 134 Å². The summed E-state index contributed by atoms with van der Waals surface area (Å²) in [5.41, 5.74) is 5.33. The lowest BCUT2D eigenvalue weighted by molar-refractivity contribution is -0.161. The van der Waals surface area contributed by atoms with Gasteiger partial charge in [0.2, 0.25) is 0 Å². The largest absolute Gasteiger partial charge is 0.472 e. The summed E-state index contributed by atoms with van der Waals surface area (Å²) in [6, 6.07) is 0. The van der Waals surface area contributed by atoms with Crippen LogP contribution in [0, 0.1) is 0 Å².